The fourth-order valence-corrected chi connectivity index (χ4v) is 4.34. The maximum atomic E-state index is 10.2. The lowest BCUT2D eigenvalue weighted by atomic mass is 9.80. The van der Waals surface area contributed by atoms with E-state index in [1.54, 1.807) is 0 Å². The van der Waals surface area contributed by atoms with E-state index < -0.39 is 5.60 Å². The number of likely N-dealkylation sites (tertiary alicyclic amines) is 1. The molecule has 0 atom stereocenters. The summed E-state index contributed by atoms with van der Waals surface area (Å²) in [6.07, 6.45) is 12.4. The molecule has 0 aromatic heterocycles. The van der Waals surface area contributed by atoms with Gasteiger partial charge in [0.2, 0.25) is 0 Å². The quantitative estimate of drug-likeness (QED) is 0.532. The smallest absolute Gasteiger partial charge is 0.191 e. The molecule has 3 fully saturated rings. The summed E-state index contributed by atoms with van der Waals surface area (Å²) >= 11 is 0. The topological polar surface area (TPSA) is 59.9 Å². The van der Waals surface area contributed by atoms with Crippen LogP contribution in [0.1, 0.15) is 71.1 Å². The fourth-order valence-electron chi connectivity index (χ4n) is 4.34. The summed E-state index contributed by atoms with van der Waals surface area (Å²) in [4.78, 5) is 7.36. The van der Waals surface area contributed by atoms with Crippen LogP contribution in [0.4, 0.5) is 0 Å². The van der Waals surface area contributed by atoms with Gasteiger partial charge in [0.25, 0.3) is 0 Å². The Bertz CT molecular complexity index is 408. The highest BCUT2D eigenvalue weighted by molar-refractivity contribution is 5.80. The molecule has 0 spiro atoms. The molecule has 0 radical (unpaired) electrons. The van der Waals surface area contributed by atoms with Gasteiger partial charge >= 0.3 is 0 Å². The monoisotopic (exact) mass is 336 g/mol. The Balaban J connectivity index is 1.44. The van der Waals surface area contributed by atoms with Gasteiger partial charge in [0.15, 0.2) is 5.96 Å². The van der Waals surface area contributed by atoms with Crippen molar-refractivity contribution in [1.29, 1.82) is 0 Å². The summed E-state index contributed by atoms with van der Waals surface area (Å²) < 4.78 is 0. The third kappa shape index (κ3) is 4.85. The second kappa shape index (κ2) is 8.52. The molecule has 5 nitrogen and oxygen atoms in total. The third-order valence-electron chi connectivity index (χ3n) is 6.12. The van der Waals surface area contributed by atoms with Gasteiger partial charge in [-0.3, -0.25) is 4.99 Å². The van der Waals surface area contributed by atoms with Crippen LogP contribution in [0, 0.1) is 0 Å². The first kappa shape index (κ1) is 18.0. The van der Waals surface area contributed by atoms with Crippen LogP contribution in [0.15, 0.2) is 4.99 Å². The van der Waals surface area contributed by atoms with Crippen LogP contribution >= 0.6 is 0 Å². The van der Waals surface area contributed by atoms with Gasteiger partial charge in [-0.2, -0.15) is 0 Å². The number of hydrogen-bond donors (Lipinski definition) is 3. The van der Waals surface area contributed by atoms with Crippen molar-refractivity contribution in [2.45, 2.75) is 88.8 Å². The zero-order valence-electron chi connectivity index (χ0n) is 15.4. The molecule has 1 heterocycles. The predicted octanol–water partition coefficient (Wildman–Crippen LogP) is 2.25. The maximum Gasteiger partial charge on any atom is 0.191 e. The standard InChI is InChI=1S/C19H36N4O/c1-2-20-18(21-15-19(24)11-6-12-19)22-16-9-13-23(14-10-16)17-7-4-3-5-8-17/h16-17,24H,2-15H2,1H3,(H2,20,21,22). The minimum Gasteiger partial charge on any atom is -0.388 e. The zero-order chi connectivity index (χ0) is 16.8. The molecule has 24 heavy (non-hydrogen) atoms. The third-order valence-corrected chi connectivity index (χ3v) is 6.12. The molecular formula is C19H36N4O. The molecule has 0 aromatic carbocycles. The number of piperidine rings is 1. The highest BCUT2D eigenvalue weighted by Crippen LogP contribution is 2.31. The van der Waals surface area contributed by atoms with E-state index in [1.165, 1.54) is 58.0 Å². The number of nitrogens with zero attached hydrogens (tertiary/aromatic N) is 2. The Hall–Kier alpha value is -0.810. The van der Waals surface area contributed by atoms with E-state index >= 15 is 0 Å². The predicted molar refractivity (Wildman–Crippen MR) is 99.4 cm³/mol. The first-order chi connectivity index (χ1) is 11.7. The number of nitrogens with one attached hydrogen (secondary N) is 2. The van der Waals surface area contributed by atoms with Crippen molar-refractivity contribution in [3.05, 3.63) is 0 Å². The van der Waals surface area contributed by atoms with Gasteiger partial charge in [0, 0.05) is 31.7 Å². The van der Waals surface area contributed by atoms with E-state index in [4.69, 9.17) is 0 Å². The van der Waals surface area contributed by atoms with Crippen molar-refractivity contribution >= 4 is 5.96 Å². The summed E-state index contributed by atoms with van der Waals surface area (Å²) in [6, 6.07) is 1.35. The molecule has 1 saturated heterocycles. The first-order valence-corrected chi connectivity index (χ1v) is 10.2. The van der Waals surface area contributed by atoms with Crippen molar-refractivity contribution in [2.24, 2.45) is 4.99 Å². The van der Waals surface area contributed by atoms with E-state index in [2.05, 4.69) is 27.4 Å². The molecule has 5 heteroatoms. The maximum absolute atomic E-state index is 10.2. The van der Waals surface area contributed by atoms with Gasteiger partial charge in [-0.25, -0.2) is 0 Å². The summed E-state index contributed by atoms with van der Waals surface area (Å²) in [5.74, 6) is 0.883. The average Bonchev–Trinajstić information content (AvgIpc) is 2.60. The van der Waals surface area contributed by atoms with Crippen molar-refractivity contribution < 1.29 is 5.11 Å². The summed E-state index contributed by atoms with van der Waals surface area (Å²) in [5.41, 5.74) is -0.535. The van der Waals surface area contributed by atoms with E-state index in [-0.39, 0.29) is 0 Å². The van der Waals surface area contributed by atoms with Crippen LogP contribution < -0.4 is 10.6 Å². The SMILES string of the molecule is CCNC(=NCC1(O)CCC1)NC1CCN(C2CCCCC2)CC1. The Morgan fingerprint density at radius 1 is 1.08 bits per heavy atom. The minimum absolute atomic E-state index is 0.513. The Morgan fingerprint density at radius 3 is 2.38 bits per heavy atom. The van der Waals surface area contributed by atoms with Gasteiger partial charge in [0.05, 0.1) is 12.1 Å². The molecule has 0 amide bonds. The Kier molecular flexibility index (Phi) is 6.39. The number of guanidine groups is 1. The highest BCUT2D eigenvalue weighted by Gasteiger charge is 2.34. The summed E-state index contributed by atoms with van der Waals surface area (Å²) in [5, 5.41) is 17.2. The molecule has 0 bridgehead atoms. The molecule has 0 unspecified atom stereocenters. The molecule has 3 N–H and O–H groups in total. The number of aliphatic hydroxyl groups is 1. The van der Waals surface area contributed by atoms with Crippen LogP contribution in [0.25, 0.3) is 0 Å². The molecular weight excluding hydrogens is 300 g/mol. The van der Waals surface area contributed by atoms with Gasteiger partial charge in [0.1, 0.15) is 0 Å². The van der Waals surface area contributed by atoms with Gasteiger partial charge < -0.3 is 20.6 Å². The normalized spacial score (nSPS) is 26.8. The number of rotatable bonds is 5. The van der Waals surface area contributed by atoms with Crippen LogP contribution in [0.2, 0.25) is 0 Å². The van der Waals surface area contributed by atoms with Crippen LogP contribution in [-0.4, -0.2) is 59.8 Å². The summed E-state index contributed by atoms with van der Waals surface area (Å²) in [6.45, 7) is 5.92. The van der Waals surface area contributed by atoms with E-state index in [0.717, 1.165) is 37.8 Å². The van der Waals surface area contributed by atoms with Crippen molar-refractivity contribution in [3.8, 4) is 0 Å². The van der Waals surface area contributed by atoms with Crippen LogP contribution in [0.5, 0.6) is 0 Å². The molecule has 1 aliphatic heterocycles. The zero-order valence-corrected chi connectivity index (χ0v) is 15.4. The summed E-state index contributed by atoms with van der Waals surface area (Å²) in [7, 11) is 0. The molecule has 3 rings (SSSR count). The number of hydrogen-bond acceptors (Lipinski definition) is 3. The molecule has 2 aliphatic carbocycles. The van der Waals surface area contributed by atoms with Crippen molar-refractivity contribution in [1.82, 2.24) is 15.5 Å². The first-order valence-electron chi connectivity index (χ1n) is 10.2. The molecule has 0 aromatic rings. The minimum atomic E-state index is -0.535. The van der Waals surface area contributed by atoms with Crippen molar-refractivity contribution in [2.75, 3.05) is 26.2 Å². The molecule has 2 saturated carbocycles. The van der Waals surface area contributed by atoms with E-state index in [0.29, 0.717) is 12.6 Å². The second-order valence-corrected chi connectivity index (χ2v) is 8.02. The highest BCUT2D eigenvalue weighted by atomic mass is 16.3. The molecule has 3 aliphatic rings. The lowest BCUT2D eigenvalue weighted by molar-refractivity contribution is -0.0236. The average molecular weight is 337 g/mol. The van der Waals surface area contributed by atoms with E-state index in [1.807, 2.05) is 0 Å². The lowest BCUT2D eigenvalue weighted by Gasteiger charge is -2.40. The van der Waals surface area contributed by atoms with Gasteiger partial charge in [-0.15, -0.1) is 0 Å². The molecule has 138 valence electrons. The lowest BCUT2D eigenvalue weighted by Crippen LogP contribution is -2.51. The fraction of sp³-hybridized carbons (Fsp3) is 0.947. The van der Waals surface area contributed by atoms with Gasteiger partial charge in [-0.05, 0) is 51.9 Å². The Labute approximate surface area is 147 Å². The van der Waals surface area contributed by atoms with Crippen LogP contribution in [0.3, 0.4) is 0 Å². The van der Waals surface area contributed by atoms with Crippen molar-refractivity contribution in [3.63, 3.8) is 0 Å². The van der Waals surface area contributed by atoms with E-state index in [9.17, 15) is 5.11 Å². The largest absolute Gasteiger partial charge is 0.388 e. The second-order valence-electron chi connectivity index (χ2n) is 8.02. The Morgan fingerprint density at radius 2 is 1.79 bits per heavy atom. The van der Waals surface area contributed by atoms with Gasteiger partial charge in [-0.1, -0.05) is 19.3 Å². The number of aliphatic imine (C=N–C) groups is 1. The van der Waals surface area contributed by atoms with Crippen LogP contribution in [-0.2, 0) is 0 Å².